The Balaban J connectivity index is 3.66. The molecule has 0 saturated carbocycles. The summed E-state index contributed by atoms with van der Waals surface area (Å²) in [4.78, 5) is 20.9. The summed E-state index contributed by atoms with van der Waals surface area (Å²) in [5, 5.41) is 9.41. The fraction of sp³-hybridized carbons (Fsp3) is 0.778. The zero-order chi connectivity index (χ0) is 11.1. The van der Waals surface area contributed by atoms with Crippen LogP contribution >= 0.6 is 0 Å². The van der Waals surface area contributed by atoms with Crippen LogP contribution in [0.2, 0.25) is 0 Å². The van der Waals surface area contributed by atoms with E-state index in [2.05, 4.69) is 4.74 Å². The number of esters is 2. The highest BCUT2D eigenvalue weighted by atomic mass is 16.6. The van der Waals surface area contributed by atoms with Crippen LogP contribution in [0.25, 0.3) is 0 Å². The molecule has 0 rings (SSSR count). The molecule has 14 heavy (non-hydrogen) atoms. The second-order valence-corrected chi connectivity index (χ2v) is 3.01. The van der Waals surface area contributed by atoms with Gasteiger partial charge in [-0.2, -0.15) is 0 Å². The molecule has 0 aliphatic carbocycles. The van der Waals surface area contributed by atoms with Crippen LogP contribution in [0.1, 0.15) is 27.2 Å². The van der Waals surface area contributed by atoms with E-state index in [9.17, 15) is 14.7 Å². The quantitative estimate of drug-likeness (QED) is 0.650. The molecule has 0 heterocycles. The monoisotopic (exact) mass is 204 g/mol. The van der Waals surface area contributed by atoms with Gasteiger partial charge < -0.3 is 14.6 Å². The maximum absolute atomic E-state index is 10.5. The zero-order valence-corrected chi connectivity index (χ0v) is 8.65. The van der Waals surface area contributed by atoms with Crippen molar-refractivity contribution in [1.29, 1.82) is 0 Å². The molecule has 0 aromatic heterocycles. The van der Waals surface area contributed by atoms with E-state index in [1.165, 1.54) is 13.8 Å². The lowest BCUT2D eigenvalue weighted by Crippen LogP contribution is -2.29. The van der Waals surface area contributed by atoms with Crippen LogP contribution in [0.15, 0.2) is 0 Å². The number of hydrogen-bond donors (Lipinski definition) is 1. The first kappa shape index (κ1) is 12.9. The largest absolute Gasteiger partial charge is 0.466 e. The molecule has 0 aliphatic heterocycles. The summed E-state index contributed by atoms with van der Waals surface area (Å²) < 4.78 is 9.37. The van der Waals surface area contributed by atoms with Gasteiger partial charge in [-0.3, -0.25) is 9.59 Å². The van der Waals surface area contributed by atoms with Crippen molar-refractivity contribution in [2.24, 2.45) is 0 Å². The third-order valence-corrected chi connectivity index (χ3v) is 1.61. The lowest BCUT2D eigenvalue weighted by atomic mass is 10.2. The first-order valence-corrected chi connectivity index (χ1v) is 4.42. The summed E-state index contributed by atoms with van der Waals surface area (Å²) in [6, 6.07) is 0. The fourth-order valence-corrected chi connectivity index (χ4v) is 0.898. The highest BCUT2D eigenvalue weighted by molar-refractivity contribution is 5.66. The van der Waals surface area contributed by atoms with Crippen molar-refractivity contribution >= 4 is 11.9 Å². The Hall–Kier alpha value is -1.10. The molecule has 0 spiro atoms. The van der Waals surface area contributed by atoms with Gasteiger partial charge in [0, 0.05) is 20.3 Å². The van der Waals surface area contributed by atoms with Crippen LogP contribution in [0, 0.1) is 0 Å². The van der Waals surface area contributed by atoms with Crippen LogP contribution in [0.3, 0.4) is 0 Å². The molecule has 0 radical (unpaired) electrons. The van der Waals surface area contributed by atoms with Crippen molar-refractivity contribution in [3.8, 4) is 0 Å². The average molecular weight is 204 g/mol. The second kappa shape index (κ2) is 6.37. The number of hydrogen-bond acceptors (Lipinski definition) is 5. The van der Waals surface area contributed by atoms with Gasteiger partial charge in [-0.1, -0.05) is 0 Å². The predicted molar refractivity (Wildman–Crippen MR) is 48.5 cm³/mol. The number of ether oxygens (including phenoxy) is 2. The van der Waals surface area contributed by atoms with Gasteiger partial charge in [0.2, 0.25) is 0 Å². The van der Waals surface area contributed by atoms with Gasteiger partial charge in [0.1, 0.15) is 6.10 Å². The minimum atomic E-state index is -0.807. The summed E-state index contributed by atoms with van der Waals surface area (Å²) in [5.41, 5.74) is 0. The van der Waals surface area contributed by atoms with Crippen molar-refractivity contribution < 1.29 is 24.2 Å². The maximum atomic E-state index is 10.5. The van der Waals surface area contributed by atoms with Crippen LogP contribution in [0.4, 0.5) is 0 Å². The van der Waals surface area contributed by atoms with E-state index in [0.29, 0.717) is 0 Å². The van der Waals surface area contributed by atoms with Crippen molar-refractivity contribution in [3.63, 3.8) is 0 Å². The maximum Gasteiger partial charge on any atom is 0.302 e. The Morgan fingerprint density at radius 3 is 2.29 bits per heavy atom. The standard InChI is InChI=1S/C9H16O5/c1-6(14-8(3)11)9(12)4-5-13-7(2)10/h6,9,12H,4-5H2,1-3H3. The smallest absolute Gasteiger partial charge is 0.302 e. The third kappa shape index (κ3) is 6.42. The van der Waals surface area contributed by atoms with E-state index < -0.39 is 24.1 Å². The van der Waals surface area contributed by atoms with Crippen LogP contribution in [-0.2, 0) is 19.1 Å². The Labute approximate surface area is 83.0 Å². The highest BCUT2D eigenvalue weighted by Gasteiger charge is 2.16. The first-order valence-electron chi connectivity index (χ1n) is 4.42. The summed E-state index contributed by atoms with van der Waals surface area (Å²) in [5.74, 6) is -0.832. The molecular formula is C9H16O5. The summed E-state index contributed by atoms with van der Waals surface area (Å²) in [6.45, 7) is 4.28. The van der Waals surface area contributed by atoms with Gasteiger partial charge in [-0.15, -0.1) is 0 Å². The molecule has 0 saturated heterocycles. The molecule has 1 N–H and O–H groups in total. The fourth-order valence-electron chi connectivity index (χ4n) is 0.898. The van der Waals surface area contributed by atoms with Gasteiger partial charge >= 0.3 is 11.9 Å². The minimum absolute atomic E-state index is 0.127. The van der Waals surface area contributed by atoms with Crippen molar-refractivity contribution in [2.45, 2.75) is 39.4 Å². The molecule has 0 amide bonds. The van der Waals surface area contributed by atoms with Gasteiger partial charge in [0.15, 0.2) is 0 Å². The molecule has 2 unspecified atom stereocenters. The Bertz CT molecular complexity index is 201. The number of carbonyl (C=O) groups excluding carboxylic acids is 2. The SMILES string of the molecule is CC(=O)OCCC(O)C(C)OC(C)=O. The molecule has 2 atom stereocenters. The van der Waals surface area contributed by atoms with Crippen molar-refractivity contribution in [3.05, 3.63) is 0 Å². The summed E-state index contributed by atoms with van der Waals surface area (Å²) in [7, 11) is 0. The van der Waals surface area contributed by atoms with E-state index in [-0.39, 0.29) is 13.0 Å². The van der Waals surface area contributed by atoms with E-state index in [1.807, 2.05) is 0 Å². The Kier molecular flexibility index (Phi) is 5.87. The number of rotatable bonds is 5. The van der Waals surface area contributed by atoms with Crippen LogP contribution in [-0.4, -0.2) is 35.9 Å². The second-order valence-electron chi connectivity index (χ2n) is 3.01. The van der Waals surface area contributed by atoms with Gasteiger partial charge in [0.05, 0.1) is 12.7 Å². The molecule has 5 nitrogen and oxygen atoms in total. The zero-order valence-electron chi connectivity index (χ0n) is 8.65. The van der Waals surface area contributed by atoms with Gasteiger partial charge in [0.25, 0.3) is 0 Å². The molecule has 0 aliphatic rings. The van der Waals surface area contributed by atoms with Crippen molar-refractivity contribution in [2.75, 3.05) is 6.61 Å². The van der Waals surface area contributed by atoms with E-state index >= 15 is 0 Å². The van der Waals surface area contributed by atoms with Crippen molar-refractivity contribution in [1.82, 2.24) is 0 Å². The molecule has 0 aromatic carbocycles. The summed E-state index contributed by atoms with van der Waals surface area (Å²) >= 11 is 0. The third-order valence-electron chi connectivity index (χ3n) is 1.61. The number of aliphatic hydroxyl groups excluding tert-OH is 1. The summed E-state index contributed by atoms with van der Waals surface area (Å²) in [6.07, 6.45) is -1.13. The minimum Gasteiger partial charge on any atom is -0.466 e. The molecule has 0 bridgehead atoms. The van der Waals surface area contributed by atoms with Crippen LogP contribution in [0.5, 0.6) is 0 Å². The first-order chi connectivity index (χ1) is 6.43. The Morgan fingerprint density at radius 1 is 1.29 bits per heavy atom. The number of aliphatic hydroxyl groups is 1. The van der Waals surface area contributed by atoms with E-state index in [1.54, 1.807) is 6.92 Å². The van der Waals surface area contributed by atoms with E-state index in [0.717, 1.165) is 0 Å². The number of carbonyl (C=O) groups is 2. The average Bonchev–Trinajstić information content (AvgIpc) is 2.01. The molecular weight excluding hydrogens is 188 g/mol. The van der Waals surface area contributed by atoms with Gasteiger partial charge in [-0.25, -0.2) is 0 Å². The van der Waals surface area contributed by atoms with Crippen LogP contribution < -0.4 is 0 Å². The lowest BCUT2D eigenvalue weighted by molar-refractivity contribution is -0.153. The normalized spacial score (nSPS) is 14.3. The topological polar surface area (TPSA) is 72.8 Å². The van der Waals surface area contributed by atoms with E-state index in [4.69, 9.17) is 4.74 Å². The lowest BCUT2D eigenvalue weighted by Gasteiger charge is -2.18. The highest BCUT2D eigenvalue weighted by Crippen LogP contribution is 2.03. The molecule has 82 valence electrons. The Morgan fingerprint density at radius 2 is 1.86 bits per heavy atom. The predicted octanol–water partition coefficient (Wildman–Crippen LogP) is 0.252. The van der Waals surface area contributed by atoms with Gasteiger partial charge in [-0.05, 0) is 6.92 Å². The molecule has 5 heteroatoms. The molecule has 0 aromatic rings. The molecule has 0 fully saturated rings.